The van der Waals surface area contributed by atoms with Crippen molar-refractivity contribution in [1.29, 1.82) is 0 Å². The molecule has 0 bridgehead atoms. The van der Waals surface area contributed by atoms with Crippen molar-refractivity contribution < 1.29 is 0 Å². The summed E-state index contributed by atoms with van der Waals surface area (Å²) >= 11 is 0. The lowest BCUT2D eigenvalue weighted by molar-refractivity contribution is 0.575. The molecule has 0 fully saturated rings. The van der Waals surface area contributed by atoms with Gasteiger partial charge in [0.2, 0.25) is 0 Å². The van der Waals surface area contributed by atoms with Crippen LogP contribution in [0.1, 0.15) is 82.9 Å². The lowest BCUT2D eigenvalue weighted by atomic mass is 10.0. The van der Waals surface area contributed by atoms with Crippen molar-refractivity contribution in [1.82, 2.24) is 10.2 Å². The lowest BCUT2D eigenvalue weighted by Crippen LogP contribution is -1.94. The first kappa shape index (κ1) is 19.6. The van der Waals surface area contributed by atoms with Crippen LogP contribution in [0.15, 0.2) is 36.4 Å². The van der Waals surface area contributed by atoms with E-state index in [1.165, 1.54) is 63.4 Å². The molecule has 0 aliphatic rings. The Morgan fingerprint density at radius 3 is 1.88 bits per heavy atom. The van der Waals surface area contributed by atoms with E-state index in [0.717, 1.165) is 29.8 Å². The minimum absolute atomic E-state index is 0.971. The van der Waals surface area contributed by atoms with Gasteiger partial charge in [-0.15, -0.1) is 0 Å². The molecule has 0 atom stereocenters. The molecule has 0 radical (unpaired) electrons. The fourth-order valence-electron chi connectivity index (χ4n) is 3.21. The highest BCUT2D eigenvalue weighted by molar-refractivity contribution is 5.58. The summed E-state index contributed by atoms with van der Waals surface area (Å²) in [4.78, 5) is 0. The normalized spacial score (nSPS) is 11.0. The summed E-state index contributed by atoms with van der Waals surface area (Å²) in [6, 6.07) is 13.1. The lowest BCUT2D eigenvalue weighted by Gasteiger charge is -2.05. The van der Waals surface area contributed by atoms with Gasteiger partial charge in [0.05, 0.1) is 11.4 Å². The predicted molar refractivity (Wildman–Crippen MR) is 108 cm³/mol. The van der Waals surface area contributed by atoms with Crippen LogP contribution < -0.4 is 0 Å². The van der Waals surface area contributed by atoms with Crippen molar-refractivity contribution in [2.45, 2.75) is 84.5 Å². The van der Waals surface area contributed by atoms with Crippen molar-refractivity contribution >= 4 is 0 Å². The monoisotopic (exact) mass is 338 g/mol. The number of unbranched alkanes of at least 4 members (excludes halogenated alkanes) is 7. The quantitative estimate of drug-likeness (QED) is 0.399. The summed E-state index contributed by atoms with van der Waals surface area (Å²) in [5, 5.41) is 8.68. The van der Waals surface area contributed by atoms with Crippen molar-refractivity contribution in [3.63, 3.8) is 0 Å². The van der Waals surface area contributed by atoms with E-state index in [2.05, 4.69) is 60.4 Å². The van der Waals surface area contributed by atoms with Crippen molar-refractivity contribution in [3.8, 4) is 11.3 Å². The van der Waals surface area contributed by atoms with E-state index in [-0.39, 0.29) is 0 Å². The molecule has 1 aromatic heterocycles. The molecule has 0 aliphatic heterocycles. The largest absolute Gasteiger partial charge is 0.155 e. The Balaban J connectivity index is 1.70. The Bertz CT molecular complexity index is 572. The maximum Gasteiger partial charge on any atom is 0.0929 e. The van der Waals surface area contributed by atoms with Gasteiger partial charge < -0.3 is 0 Å². The fourth-order valence-corrected chi connectivity index (χ4v) is 3.21. The standard InChI is InChI=1S/C23H34N2/c1-3-5-6-7-8-9-10-11-13-20-14-16-21(17-15-20)23-19-18-22(12-4-2)24-25-23/h14-19H,3-13H2,1-2H3. The number of hydrogen-bond donors (Lipinski definition) is 0. The molecule has 0 saturated carbocycles. The maximum absolute atomic E-state index is 4.36. The zero-order valence-electron chi connectivity index (χ0n) is 16.1. The third-order valence-electron chi connectivity index (χ3n) is 4.79. The molecule has 25 heavy (non-hydrogen) atoms. The first-order valence-electron chi connectivity index (χ1n) is 10.3. The molecule has 0 spiro atoms. The fraction of sp³-hybridized carbons (Fsp3) is 0.565. The second kappa shape index (κ2) is 11.8. The van der Waals surface area contributed by atoms with E-state index in [1.807, 2.05) is 0 Å². The SMILES string of the molecule is CCCCCCCCCCc1ccc(-c2ccc(CCC)nn2)cc1. The summed E-state index contributed by atoms with van der Waals surface area (Å²) in [7, 11) is 0. The number of rotatable bonds is 12. The van der Waals surface area contributed by atoms with Crippen LogP contribution in [0.2, 0.25) is 0 Å². The molecule has 136 valence electrons. The predicted octanol–water partition coefficient (Wildman–Crippen LogP) is 6.78. The Morgan fingerprint density at radius 2 is 1.28 bits per heavy atom. The van der Waals surface area contributed by atoms with Gasteiger partial charge in [0.25, 0.3) is 0 Å². The van der Waals surface area contributed by atoms with E-state index >= 15 is 0 Å². The Hall–Kier alpha value is -1.70. The molecular weight excluding hydrogens is 304 g/mol. The van der Waals surface area contributed by atoms with Crippen LogP contribution in [0.5, 0.6) is 0 Å². The number of hydrogen-bond acceptors (Lipinski definition) is 2. The summed E-state index contributed by atoms with van der Waals surface area (Å²) < 4.78 is 0. The van der Waals surface area contributed by atoms with Crippen LogP contribution in [-0.2, 0) is 12.8 Å². The number of aromatic nitrogens is 2. The molecular formula is C23H34N2. The zero-order valence-corrected chi connectivity index (χ0v) is 16.1. The molecule has 2 nitrogen and oxygen atoms in total. The van der Waals surface area contributed by atoms with E-state index in [9.17, 15) is 0 Å². The van der Waals surface area contributed by atoms with Crippen LogP contribution in [-0.4, -0.2) is 10.2 Å². The molecule has 0 N–H and O–H groups in total. The third kappa shape index (κ3) is 7.37. The van der Waals surface area contributed by atoms with Gasteiger partial charge in [-0.1, -0.05) is 89.5 Å². The summed E-state index contributed by atoms with van der Waals surface area (Å²) in [6.07, 6.45) is 14.3. The van der Waals surface area contributed by atoms with Gasteiger partial charge in [0.1, 0.15) is 0 Å². The van der Waals surface area contributed by atoms with Gasteiger partial charge >= 0.3 is 0 Å². The minimum atomic E-state index is 0.971. The first-order valence-corrected chi connectivity index (χ1v) is 10.3. The number of nitrogens with zero attached hydrogens (tertiary/aromatic N) is 2. The van der Waals surface area contributed by atoms with E-state index < -0.39 is 0 Å². The molecule has 2 heteroatoms. The smallest absolute Gasteiger partial charge is 0.0929 e. The number of benzene rings is 1. The Morgan fingerprint density at radius 1 is 0.600 bits per heavy atom. The molecule has 0 aliphatic carbocycles. The second-order valence-corrected chi connectivity index (χ2v) is 7.08. The van der Waals surface area contributed by atoms with Gasteiger partial charge in [-0.3, -0.25) is 0 Å². The highest BCUT2D eigenvalue weighted by Gasteiger charge is 2.02. The summed E-state index contributed by atoms with van der Waals surface area (Å²) in [5.41, 5.74) is 4.65. The van der Waals surface area contributed by atoms with Crippen LogP contribution in [0.4, 0.5) is 0 Å². The highest BCUT2D eigenvalue weighted by atomic mass is 15.1. The van der Waals surface area contributed by atoms with Crippen LogP contribution >= 0.6 is 0 Å². The van der Waals surface area contributed by atoms with Gasteiger partial charge in [0.15, 0.2) is 0 Å². The molecule has 0 unspecified atom stereocenters. The molecule has 1 heterocycles. The van der Waals surface area contributed by atoms with Gasteiger partial charge in [0, 0.05) is 5.56 Å². The molecule has 0 saturated heterocycles. The third-order valence-corrected chi connectivity index (χ3v) is 4.79. The maximum atomic E-state index is 4.36. The Labute approximate surface area is 154 Å². The average Bonchev–Trinajstić information content (AvgIpc) is 2.65. The van der Waals surface area contributed by atoms with E-state index in [1.54, 1.807) is 0 Å². The topological polar surface area (TPSA) is 25.8 Å². The minimum Gasteiger partial charge on any atom is -0.155 e. The van der Waals surface area contributed by atoms with Crippen molar-refractivity contribution in [2.75, 3.05) is 0 Å². The molecule has 2 aromatic rings. The second-order valence-electron chi connectivity index (χ2n) is 7.08. The molecule has 2 rings (SSSR count). The van der Waals surface area contributed by atoms with Crippen LogP contribution in [0, 0.1) is 0 Å². The van der Waals surface area contributed by atoms with Gasteiger partial charge in [-0.2, -0.15) is 10.2 Å². The zero-order chi connectivity index (χ0) is 17.7. The van der Waals surface area contributed by atoms with Gasteiger partial charge in [-0.25, -0.2) is 0 Å². The summed E-state index contributed by atoms with van der Waals surface area (Å²) in [5.74, 6) is 0. The molecule has 1 aromatic carbocycles. The van der Waals surface area contributed by atoms with Crippen LogP contribution in [0.3, 0.4) is 0 Å². The van der Waals surface area contributed by atoms with Gasteiger partial charge in [-0.05, 0) is 37.0 Å². The highest BCUT2D eigenvalue weighted by Crippen LogP contribution is 2.18. The first-order chi connectivity index (χ1) is 12.3. The Kier molecular flexibility index (Phi) is 9.25. The van der Waals surface area contributed by atoms with E-state index in [4.69, 9.17) is 0 Å². The van der Waals surface area contributed by atoms with Crippen molar-refractivity contribution in [3.05, 3.63) is 47.7 Å². The molecule has 0 amide bonds. The van der Waals surface area contributed by atoms with E-state index in [0.29, 0.717) is 0 Å². The average molecular weight is 339 g/mol. The summed E-state index contributed by atoms with van der Waals surface area (Å²) in [6.45, 7) is 4.44. The number of aryl methyl sites for hydroxylation is 2. The van der Waals surface area contributed by atoms with Crippen molar-refractivity contribution in [2.24, 2.45) is 0 Å². The van der Waals surface area contributed by atoms with Crippen LogP contribution in [0.25, 0.3) is 11.3 Å².